The van der Waals surface area contributed by atoms with Gasteiger partial charge in [-0.15, -0.1) is 0 Å². The van der Waals surface area contributed by atoms with Crippen LogP contribution in [0.2, 0.25) is 0 Å². The first-order valence-electron chi connectivity index (χ1n) is 8.16. The van der Waals surface area contributed by atoms with E-state index in [1.807, 2.05) is 42.5 Å². The second kappa shape index (κ2) is 6.19. The van der Waals surface area contributed by atoms with Crippen molar-refractivity contribution < 1.29 is 4.74 Å². The second-order valence-corrected chi connectivity index (χ2v) is 7.17. The fourth-order valence-electron chi connectivity index (χ4n) is 2.71. The monoisotopic (exact) mass is 321 g/mol. The Hall–Kier alpha value is -2.49. The number of nitrogens with zero attached hydrogens (tertiary/aromatic N) is 3. The van der Waals surface area contributed by atoms with E-state index < -0.39 is 5.41 Å². The number of hydrogen-bond donors (Lipinski definition) is 0. The number of pyridine rings is 1. The third-order valence-corrected chi connectivity index (χ3v) is 4.04. The van der Waals surface area contributed by atoms with Crippen molar-refractivity contribution in [1.82, 2.24) is 4.98 Å². The zero-order chi connectivity index (χ0) is 17.2. The van der Waals surface area contributed by atoms with Gasteiger partial charge in [0, 0.05) is 18.0 Å². The fraction of sp³-hybridized carbons (Fsp3) is 0.350. The average molecular weight is 321 g/mol. The zero-order valence-corrected chi connectivity index (χ0v) is 14.7. The van der Waals surface area contributed by atoms with Crippen LogP contribution in [-0.4, -0.2) is 28.7 Å². The van der Waals surface area contributed by atoms with Crippen molar-refractivity contribution in [3.05, 3.63) is 60.4 Å². The van der Waals surface area contributed by atoms with Crippen molar-refractivity contribution in [3.8, 4) is 0 Å². The van der Waals surface area contributed by atoms with Gasteiger partial charge in [0.15, 0.2) is 5.90 Å². The third-order valence-electron chi connectivity index (χ3n) is 4.04. The molecule has 1 aliphatic heterocycles. The van der Waals surface area contributed by atoms with E-state index in [0.29, 0.717) is 6.61 Å². The van der Waals surface area contributed by atoms with Gasteiger partial charge in [0.2, 0.25) is 0 Å². The van der Waals surface area contributed by atoms with Crippen LogP contribution in [0, 0.1) is 5.41 Å². The van der Waals surface area contributed by atoms with Crippen LogP contribution < -0.4 is 0 Å². The van der Waals surface area contributed by atoms with E-state index >= 15 is 0 Å². The van der Waals surface area contributed by atoms with Crippen molar-refractivity contribution in [3.63, 3.8) is 0 Å². The highest BCUT2D eigenvalue weighted by Crippen LogP contribution is 2.33. The molecule has 0 fully saturated rings. The molecule has 124 valence electrons. The van der Waals surface area contributed by atoms with E-state index in [9.17, 15) is 0 Å². The maximum Gasteiger partial charge on any atom is 0.195 e. The molecule has 24 heavy (non-hydrogen) atoms. The number of benzene rings is 1. The molecule has 1 aromatic carbocycles. The smallest absolute Gasteiger partial charge is 0.195 e. The van der Waals surface area contributed by atoms with Crippen molar-refractivity contribution in [2.45, 2.75) is 33.2 Å². The quantitative estimate of drug-likeness (QED) is 0.782. The molecule has 0 unspecified atom stereocenters. The fourth-order valence-corrected chi connectivity index (χ4v) is 2.71. The molecule has 0 bridgehead atoms. The highest BCUT2D eigenvalue weighted by molar-refractivity contribution is 6.17. The van der Waals surface area contributed by atoms with E-state index in [1.165, 1.54) is 0 Å². The first-order valence-corrected chi connectivity index (χ1v) is 8.16. The summed E-state index contributed by atoms with van der Waals surface area (Å²) in [6.45, 7) is 8.97. The Morgan fingerprint density at radius 3 is 2.33 bits per heavy atom. The molecular weight excluding hydrogens is 298 g/mol. The predicted octanol–water partition coefficient (Wildman–Crippen LogP) is 4.44. The van der Waals surface area contributed by atoms with E-state index in [4.69, 9.17) is 14.7 Å². The number of hydrogen-bond acceptors (Lipinski definition) is 4. The van der Waals surface area contributed by atoms with E-state index in [0.717, 1.165) is 22.9 Å². The van der Waals surface area contributed by atoms with E-state index in [1.54, 1.807) is 12.4 Å². The molecule has 0 atom stereocenters. The van der Waals surface area contributed by atoms with E-state index in [2.05, 4.69) is 32.7 Å². The molecule has 0 N–H and O–H groups in total. The summed E-state index contributed by atoms with van der Waals surface area (Å²) in [6, 6.07) is 13.9. The molecule has 0 radical (unpaired) electrons. The van der Waals surface area contributed by atoms with Gasteiger partial charge in [-0.2, -0.15) is 0 Å². The van der Waals surface area contributed by atoms with Crippen LogP contribution in [0.25, 0.3) is 0 Å². The summed E-state index contributed by atoms with van der Waals surface area (Å²) in [5.41, 5.74) is 2.23. The van der Waals surface area contributed by atoms with Gasteiger partial charge in [-0.1, -0.05) is 18.2 Å². The maximum atomic E-state index is 5.93. The van der Waals surface area contributed by atoms with Crippen LogP contribution in [0.3, 0.4) is 0 Å². The number of rotatable bonds is 4. The molecule has 0 aliphatic carbocycles. The van der Waals surface area contributed by atoms with Gasteiger partial charge in [-0.3, -0.25) is 9.98 Å². The second-order valence-electron chi connectivity index (χ2n) is 7.17. The lowest BCUT2D eigenvalue weighted by Crippen LogP contribution is -2.34. The van der Waals surface area contributed by atoms with Gasteiger partial charge >= 0.3 is 0 Å². The number of ether oxygens (including phenoxy) is 1. The lowest BCUT2D eigenvalue weighted by atomic mass is 9.83. The largest absolute Gasteiger partial charge is 0.478 e. The summed E-state index contributed by atoms with van der Waals surface area (Å²) in [5, 5.41) is 0. The minimum Gasteiger partial charge on any atom is -0.478 e. The summed E-state index contributed by atoms with van der Waals surface area (Å²) in [5.74, 6) is 0.735. The summed E-state index contributed by atoms with van der Waals surface area (Å²) < 4.78 is 5.93. The molecule has 1 aromatic heterocycles. The topological polar surface area (TPSA) is 46.8 Å². The summed E-state index contributed by atoms with van der Waals surface area (Å²) in [4.78, 5) is 13.8. The number of aliphatic imine (C=N–C) groups is 2. The highest BCUT2D eigenvalue weighted by Gasteiger charge is 2.40. The zero-order valence-electron chi connectivity index (χ0n) is 14.7. The number of aromatic nitrogens is 1. The standard InChI is InChI=1S/C20H23N3O/c1-19(2)14-24-18(23-19)20(3,4)17(15-10-12-21-13-11-15)22-16-8-6-5-7-9-16/h5-13H,14H2,1-4H3. The molecule has 4 heteroatoms. The van der Waals surface area contributed by atoms with Crippen LogP contribution in [0.4, 0.5) is 5.69 Å². The van der Waals surface area contributed by atoms with Crippen molar-refractivity contribution in [2.24, 2.45) is 15.4 Å². The van der Waals surface area contributed by atoms with Crippen LogP contribution in [0.5, 0.6) is 0 Å². The highest BCUT2D eigenvalue weighted by atomic mass is 16.5. The first kappa shape index (κ1) is 16.4. The van der Waals surface area contributed by atoms with Gasteiger partial charge in [0.1, 0.15) is 6.61 Å². The average Bonchev–Trinajstić information content (AvgIpc) is 2.95. The van der Waals surface area contributed by atoms with Gasteiger partial charge in [-0.25, -0.2) is 4.99 Å². The van der Waals surface area contributed by atoms with Crippen molar-refractivity contribution >= 4 is 17.3 Å². The van der Waals surface area contributed by atoms with E-state index in [-0.39, 0.29) is 5.54 Å². The number of para-hydroxylation sites is 1. The van der Waals surface area contributed by atoms with Crippen LogP contribution in [-0.2, 0) is 4.74 Å². The van der Waals surface area contributed by atoms with Crippen LogP contribution >= 0.6 is 0 Å². The Labute approximate surface area is 143 Å². The maximum absolute atomic E-state index is 5.93. The molecular formula is C20H23N3O. The molecule has 2 heterocycles. The minimum atomic E-state index is -0.440. The Morgan fingerprint density at radius 1 is 1.08 bits per heavy atom. The van der Waals surface area contributed by atoms with Gasteiger partial charge < -0.3 is 4.74 Å². The Morgan fingerprint density at radius 2 is 1.75 bits per heavy atom. The lowest BCUT2D eigenvalue weighted by Gasteiger charge is -2.26. The van der Waals surface area contributed by atoms with Gasteiger partial charge in [-0.05, 0) is 52.0 Å². The normalized spacial score (nSPS) is 17.3. The SMILES string of the molecule is CC1(C)COC(C(C)(C)C(=Nc2ccccc2)c2ccncc2)=N1. The molecule has 2 aromatic rings. The summed E-state index contributed by atoms with van der Waals surface area (Å²) in [6.07, 6.45) is 3.57. The first-order chi connectivity index (χ1) is 11.4. The Kier molecular flexibility index (Phi) is 4.22. The molecule has 1 aliphatic rings. The summed E-state index contributed by atoms with van der Waals surface area (Å²) >= 11 is 0. The van der Waals surface area contributed by atoms with Crippen molar-refractivity contribution in [1.29, 1.82) is 0 Å². The molecule has 0 saturated carbocycles. The molecule has 4 nitrogen and oxygen atoms in total. The molecule has 0 amide bonds. The third kappa shape index (κ3) is 3.37. The minimum absolute atomic E-state index is 0.192. The van der Waals surface area contributed by atoms with Crippen molar-refractivity contribution in [2.75, 3.05) is 6.61 Å². The van der Waals surface area contributed by atoms with Crippen LogP contribution in [0.15, 0.2) is 64.8 Å². The molecule has 0 saturated heterocycles. The molecule has 3 rings (SSSR count). The summed E-state index contributed by atoms with van der Waals surface area (Å²) in [7, 11) is 0. The lowest BCUT2D eigenvalue weighted by molar-refractivity contribution is 0.262. The van der Waals surface area contributed by atoms with Crippen LogP contribution in [0.1, 0.15) is 33.3 Å². The molecule has 0 spiro atoms. The predicted molar refractivity (Wildman–Crippen MR) is 98.1 cm³/mol. The van der Waals surface area contributed by atoms with Gasteiger partial charge in [0.25, 0.3) is 0 Å². The Balaban J connectivity index is 2.10. The van der Waals surface area contributed by atoms with Gasteiger partial charge in [0.05, 0.1) is 22.4 Å². The Bertz CT molecular complexity index is 762.